The summed E-state index contributed by atoms with van der Waals surface area (Å²) >= 11 is 2.10. The Balaban J connectivity index is 1.62. The summed E-state index contributed by atoms with van der Waals surface area (Å²) in [6, 6.07) is 12.5. The molecule has 0 aliphatic heterocycles. The van der Waals surface area contributed by atoms with Crippen molar-refractivity contribution in [2.24, 2.45) is 0 Å². The van der Waals surface area contributed by atoms with E-state index in [1.807, 2.05) is 25.1 Å². The van der Waals surface area contributed by atoms with E-state index in [0.29, 0.717) is 16.6 Å². The third-order valence-corrected chi connectivity index (χ3v) is 4.81. The summed E-state index contributed by atoms with van der Waals surface area (Å²) in [5, 5.41) is 3.10. The Morgan fingerprint density at radius 3 is 2.74 bits per heavy atom. The van der Waals surface area contributed by atoms with Crippen LogP contribution in [-0.4, -0.2) is 28.0 Å². The van der Waals surface area contributed by atoms with Gasteiger partial charge in [-0.3, -0.25) is 19.0 Å². The van der Waals surface area contributed by atoms with Crippen LogP contribution in [0.25, 0.3) is 10.9 Å². The normalized spacial score (nSPS) is 10.6. The lowest BCUT2D eigenvalue weighted by Gasteiger charge is -2.09. The van der Waals surface area contributed by atoms with Crippen LogP contribution >= 0.6 is 22.6 Å². The number of amides is 1. The summed E-state index contributed by atoms with van der Waals surface area (Å²) in [5.41, 5.74) is 1.80. The van der Waals surface area contributed by atoms with Gasteiger partial charge in [0, 0.05) is 3.57 Å². The fourth-order valence-electron chi connectivity index (χ4n) is 2.53. The van der Waals surface area contributed by atoms with Crippen molar-refractivity contribution in [3.05, 3.63) is 68.3 Å². The Labute approximate surface area is 168 Å². The first-order valence-electron chi connectivity index (χ1n) is 8.10. The molecule has 0 atom stereocenters. The second kappa shape index (κ2) is 8.30. The zero-order valence-electron chi connectivity index (χ0n) is 14.4. The fourth-order valence-corrected chi connectivity index (χ4v) is 3.05. The number of anilines is 1. The summed E-state index contributed by atoms with van der Waals surface area (Å²) in [6.07, 6.45) is 1.31. The first-order chi connectivity index (χ1) is 13.0. The maximum atomic E-state index is 12.5. The molecule has 0 spiro atoms. The minimum absolute atomic E-state index is 0.314. The maximum absolute atomic E-state index is 12.5. The van der Waals surface area contributed by atoms with Crippen molar-refractivity contribution >= 4 is 51.1 Å². The number of esters is 1. The van der Waals surface area contributed by atoms with Crippen LogP contribution < -0.4 is 10.9 Å². The van der Waals surface area contributed by atoms with E-state index in [2.05, 4.69) is 32.9 Å². The van der Waals surface area contributed by atoms with Gasteiger partial charge in [0.25, 0.3) is 11.5 Å². The van der Waals surface area contributed by atoms with Gasteiger partial charge in [0.15, 0.2) is 6.61 Å². The van der Waals surface area contributed by atoms with E-state index >= 15 is 0 Å². The molecule has 0 unspecified atom stereocenters. The average molecular weight is 477 g/mol. The molecule has 7 nitrogen and oxygen atoms in total. The number of nitrogens with zero attached hydrogens (tertiary/aromatic N) is 2. The molecular formula is C19H16IN3O4. The number of hydrogen-bond donors (Lipinski definition) is 1. The van der Waals surface area contributed by atoms with Gasteiger partial charge in [0.1, 0.15) is 6.54 Å². The molecule has 0 aliphatic carbocycles. The molecule has 1 amide bonds. The van der Waals surface area contributed by atoms with E-state index < -0.39 is 18.5 Å². The van der Waals surface area contributed by atoms with Crippen LogP contribution in [0, 0.1) is 10.5 Å². The minimum atomic E-state index is -0.691. The molecule has 1 N–H and O–H groups in total. The van der Waals surface area contributed by atoms with E-state index in [1.54, 1.807) is 24.3 Å². The van der Waals surface area contributed by atoms with Crippen LogP contribution in [0.3, 0.4) is 0 Å². The van der Waals surface area contributed by atoms with Crippen molar-refractivity contribution in [3.8, 4) is 0 Å². The zero-order valence-corrected chi connectivity index (χ0v) is 16.6. The first-order valence-corrected chi connectivity index (χ1v) is 9.18. The fraction of sp³-hybridized carbons (Fsp3) is 0.158. The predicted octanol–water partition coefficient (Wildman–Crippen LogP) is 2.49. The monoisotopic (exact) mass is 477 g/mol. The molecule has 8 heteroatoms. The lowest BCUT2D eigenvalue weighted by atomic mass is 10.1. The van der Waals surface area contributed by atoms with Crippen LogP contribution in [0.2, 0.25) is 0 Å². The molecule has 3 aromatic rings. The summed E-state index contributed by atoms with van der Waals surface area (Å²) in [4.78, 5) is 40.6. The van der Waals surface area contributed by atoms with Crippen LogP contribution in [-0.2, 0) is 20.9 Å². The molecule has 2 aromatic carbocycles. The molecule has 1 heterocycles. The van der Waals surface area contributed by atoms with Gasteiger partial charge < -0.3 is 10.1 Å². The van der Waals surface area contributed by atoms with Crippen LogP contribution in [0.1, 0.15) is 5.56 Å². The van der Waals surface area contributed by atoms with Gasteiger partial charge in [-0.1, -0.05) is 24.3 Å². The molecule has 1 aromatic heterocycles. The Bertz CT molecular complexity index is 1080. The maximum Gasteiger partial charge on any atom is 0.326 e. The van der Waals surface area contributed by atoms with Crippen molar-refractivity contribution in [3.63, 3.8) is 0 Å². The molecule has 138 valence electrons. The molecule has 0 fully saturated rings. The number of carbonyl (C=O) groups excluding carboxylic acids is 2. The highest BCUT2D eigenvalue weighted by atomic mass is 127. The number of carbonyl (C=O) groups is 2. The zero-order chi connectivity index (χ0) is 19.4. The third-order valence-electron chi connectivity index (χ3n) is 3.87. The SMILES string of the molecule is Cc1cccc2c(=O)n(CC(=O)OCC(=O)Nc3ccccc3I)cnc12. The number of halogens is 1. The molecular weight excluding hydrogens is 461 g/mol. The Kier molecular flexibility index (Phi) is 5.84. The lowest BCUT2D eigenvalue weighted by Crippen LogP contribution is -2.28. The van der Waals surface area contributed by atoms with E-state index in [9.17, 15) is 14.4 Å². The first kappa shape index (κ1) is 19.0. The number of aromatic nitrogens is 2. The van der Waals surface area contributed by atoms with Gasteiger partial charge in [0.2, 0.25) is 0 Å². The average Bonchev–Trinajstić information content (AvgIpc) is 2.65. The van der Waals surface area contributed by atoms with Gasteiger partial charge in [-0.05, 0) is 53.3 Å². The molecule has 0 saturated heterocycles. The number of fused-ring (bicyclic) bond motifs is 1. The van der Waals surface area contributed by atoms with E-state index in [4.69, 9.17) is 4.74 Å². The molecule has 0 saturated carbocycles. The summed E-state index contributed by atoms with van der Waals surface area (Å²) in [7, 11) is 0. The molecule has 3 rings (SSSR count). The van der Waals surface area contributed by atoms with Crippen molar-refractivity contribution in [1.29, 1.82) is 0 Å². The number of benzene rings is 2. The third kappa shape index (κ3) is 4.51. The lowest BCUT2D eigenvalue weighted by molar-refractivity contribution is -0.147. The van der Waals surface area contributed by atoms with Crippen LogP contribution in [0.15, 0.2) is 53.6 Å². The summed E-state index contributed by atoms with van der Waals surface area (Å²) in [5.74, 6) is -1.14. The smallest absolute Gasteiger partial charge is 0.326 e. The number of nitrogens with one attached hydrogen (secondary N) is 1. The van der Waals surface area contributed by atoms with Gasteiger partial charge in [-0.25, -0.2) is 4.98 Å². The minimum Gasteiger partial charge on any atom is -0.454 e. The predicted molar refractivity (Wildman–Crippen MR) is 109 cm³/mol. The number of ether oxygens (including phenoxy) is 1. The number of hydrogen-bond acceptors (Lipinski definition) is 5. The highest BCUT2D eigenvalue weighted by molar-refractivity contribution is 14.1. The standard InChI is InChI=1S/C19H16IN3O4/c1-12-5-4-6-13-18(12)21-11-23(19(13)26)9-17(25)27-10-16(24)22-15-8-3-2-7-14(15)20/h2-8,11H,9-10H2,1H3,(H,22,24). The van der Waals surface area contributed by atoms with E-state index in [0.717, 1.165) is 9.13 Å². The van der Waals surface area contributed by atoms with Gasteiger partial charge in [-0.2, -0.15) is 0 Å². The van der Waals surface area contributed by atoms with E-state index in [1.165, 1.54) is 10.9 Å². The van der Waals surface area contributed by atoms with Crippen molar-refractivity contribution in [1.82, 2.24) is 9.55 Å². The molecule has 27 heavy (non-hydrogen) atoms. The second-order valence-electron chi connectivity index (χ2n) is 5.84. The van der Waals surface area contributed by atoms with Crippen LogP contribution in [0.4, 0.5) is 5.69 Å². The highest BCUT2D eigenvalue weighted by Crippen LogP contribution is 2.16. The van der Waals surface area contributed by atoms with Gasteiger partial charge in [0.05, 0.1) is 22.9 Å². The molecule has 0 bridgehead atoms. The quantitative estimate of drug-likeness (QED) is 0.451. The topological polar surface area (TPSA) is 90.3 Å². The second-order valence-corrected chi connectivity index (χ2v) is 7.00. The number of para-hydroxylation sites is 2. The van der Waals surface area contributed by atoms with Crippen molar-refractivity contribution < 1.29 is 14.3 Å². The largest absolute Gasteiger partial charge is 0.454 e. The van der Waals surface area contributed by atoms with E-state index in [-0.39, 0.29) is 12.1 Å². The Morgan fingerprint density at radius 1 is 1.19 bits per heavy atom. The number of aryl methyl sites for hydroxylation is 1. The summed E-state index contributed by atoms with van der Waals surface area (Å²) < 4.78 is 7.01. The van der Waals surface area contributed by atoms with Crippen LogP contribution in [0.5, 0.6) is 0 Å². The molecule has 0 aliphatic rings. The summed E-state index contributed by atoms with van der Waals surface area (Å²) in [6.45, 7) is 1.12. The number of rotatable bonds is 5. The van der Waals surface area contributed by atoms with Crippen molar-refractivity contribution in [2.75, 3.05) is 11.9 Å². The Hall–Kier alpha value is -2.75. The highest BCUT2D eigenvalue weighted by Gasteiger charge is 2.12. The Morgan fingerprint density at radius 2 is 1.96 bits per heavy atom. The van der Waals surface area contributed by atoms with Crippen molar-refractivity contribution in [2.45, 2.75) is 13.5 Å². The van der Waals surface area contributed by atoms with Gasteiger partial charge in [-0.15, -0.1) is 0 Å². The molecule has 0 radical (unpaired) electrons. The van der Waals surface area contributed by atoms with Gasteiger partial charge >= 0.3 is 5.97 Å².